The van der Waals surface area contributed by atoms with Gasteiger partial charge in [0.05, 0.1) is 13.2 Å². The molecule has 0 saturated carbocycles. The summed E-state index contributed by atoms with van der Waals surface area (Å²) in [7, 11) is 0. The molecule has 1 N–H and O–H groups in total. The summed E-state index contributed by atoms with van der Waals surface area (Å²) in [5, 5.41) is 9.00. The average Bonchev–Trinajstić information content (AvgIpc) is 2.15. The van der Waals surface area contributed by atoms with Crippen molar-refractivity contribution in [2.45, 2.75) is 26.2 Å². The molecule has 1 unspecified atom stereocenters. The smallest absolute Gasteiger partial charge is 0.0541 e. The van der Waals surface area contributed by atoms with Crippen LogP contribution in [0.15, 0.2) is 0 Å². The summed E-state index contributed by atoms with van der Waals surface area (Å²) >= 11 is 0. The van der Waals surface area contributed by atoms with Gasteiger partial charge in [-0.3, -0.25) is 0 Å². The SMILES string of the molecule is CC1(CO)CCCCOC1. The molecular formula is C8H16O2. The van der Waals surface area contributed by atoms with Crippen LogP contribution in [-0.4, -0.2) is 24.9 Å². The lowest BCUT2D eigenvalue weighted by Gasteiger charge is -2.23. The minimum Gasteiger partial charge on any atom is -0.396 e. The van der Waals surface area contributed by atoms with Gasteiger partial charge >= 0.3 is 0 Å². The maximum Gasteiger partial charge on any atom is 0.0541 e. The minimum absolute atomic E-state index is 0.0382. The van der Waals surface area contributed by atoms with Crippen molar-refractivity contribution in [3.05, 3.63) is 0 Å². The van der Waals surface area contributed by atoms with Crippen molar-refractivity contribution in [1.29, 1.82) is 0 Å². The number of hydrogen-bond donors (Lipinski definition) is 1. The second kappa shape index (κ2) is 3.35. The van der Waals surface area contributed by atoms with Gasteiger partial charge in [-0.15, -0.1) is 0 Å². The molecule has 0 radical (unpaired) electrons. The van der Waals surface area contributed by atoms with Gasteiger partial charge in [-0.05, 0) is 12.8 Å². The molecule has 1 saturated heterocycles. The van der Waals surface area contributed by atoms with E-state index in [0.717, 1.165) is 26.1 Å². The average molecular weight is 144 g/mol. The third-order valence-electron chi connectivity index (χ3n) is 2.15. The van der Waals surface area contributed by atoms with Crippen LogP contribution in [0, 0.1) is 5.41 Å². The summed E-state index contributed by atoms with van der Waals surface area (Å²) in [6, 6.07) is 0. The Morgan fingerprint density at radius 1 is 1.50 bits per heavy atom. The Bertz CT molecular complexity index is 93.4. The summed E-state index contributed by atoms with van der Waals surface area (Å²) in [6.07, 6.45) is 3.44. The maximum atomic E-state index is 9.00. The van der Waals surface area contributed by atoms with Gasteiger partial charge in [0, 0.05) is 12.0 Å². The number of ether oxygens (including phenoxy) is 1. The first-order chi connectivity index (χ1) is 4.77. The number of rotatable bonds is 1. The van der Waals surface area contributed by atoms with Gasteiger partial charge in [-0.2, -0.15) is 0 Å². The number of aliphatic hydroxyl groups excluding tert-OH is 1. The minimum atomic E-state index is 0.0382. The summed E-state index contributed by atoms with van der Waals surface area (Å²) in [5.74, 6) is 0. The van der Waals surface area contributed by atoms with Crippen LogP contribution in [0.3, 0.4) is 0 Å². The van der Waals surface area contributed by atoms with Gasteiger partial charge in [0.2, 0.25) is 0 Å². The molecule has 0 spiro atoms. The fourth-order valence-electron chi connectivity index (χ4n) is 1.27. The van der Waals surface area contributed by atoms with E-state index in [1.807, 2.05) is 0 Å². The van der Waals surface area contributed by atoms with Crippen LogP contribution in [0.1, 0.15) is 26.2 Å². The third kappa shape index (κ3) is 1.96. The van der Waals surface area contributed by atoms with E-state index in [1.54, 1.807) is 0 Å². The van der Waals surface area contributed by atoms with E-state index in [9.17, 15) is 0 Å². The number of hydrogen-bond acceptors (Lipinski definition) is 2. The maximum absolute atomic E-state index is 9.00. The van der Waals surface area contributed by atoms with E-state index >= 15 is 0 Å². The zero-order chi connectivity index (χ0) is 7.45. The molecule has 60 valence electrons. The molecule has 10 heavy (non-hydrogen) atoms. The van der Waals surface area contributed by atoms with E-state index < -0.39 is 0 Å². The zero-order valence-corrected chi connectivity index (χ0v) is 6.60. The van der Waals surface area contributed by atoms with Crippen LogP contribution < -0.4 is 0 Å². The van der Waals surface area contributed by atoms with Crippen molar-refractivity contribution in [2.24, 2.45) is 5.41 Å². The topological polar surface area (TPSA) is 29.5 Å². The normalized spacial score (nSPS) is 35.4. The first-order valence-electron chi connectivity index (χ1n) is 3.95. The van der Waals surface area contributed by atoms with Crippen molar-refractivity contribution < 1.29 is 9.84 Å². The highest BCUT2D eigenvalue weighted by molar-refractivity contribution is 4.74. The standard InChI is InChI=1S/C8H16O2/c1-8(6-9)4-2-3-5-10-7-8/h9H,2-7H2,1H3. The Labute approximate surface area is 62.2 Å². The summed E-state index contributed by atoms with van der Waals surface area (Å²) in [5.41, 5.74) is 0.0382. The van der Waals surface area contributed by atoms with Crippen LogP contribution >= 0.6 is 0 Å². The molecule has 1 aliphatic rings. The van der Waals surface area contributed by atoms with Crippen LogP contribution in [0.4, 0.5) is 0 Å². The summed E-state index contributed by atoms with van der Waals surface area (Å²) in [6.45, 7) is 3.93. The van der Waals surface area contributed by atoms with Gasteiger partial charge in [0.25, 0.3) is 0 Å². The lowest BCUT2D eigenvalue weighted by molar-refractivity contribution is 0.0312. The van der Waals surface area contributed by atoms with Crippen LogP contribution in [-0.2, 0) is 4.74 Å². The first kappa shape index (κ1) is 8.02. The fourth-order valence-corrected chi connectivity index (χ4v) is 1.27. The van der Waals surface area contributed by atoms with Gasteiger partial charge in [0.15, 0.2) is 0 Å². The Hall–Kier alpha value is -0.0800. The molecule has 1 atom stereocenters. The molecule has 0 aromatic rings. The van der Waals surface area contributed by atoms with Crippen LogP contribution in [0.2, 0.25) is 0 Å². The molecule has 2 heteroatoms. The van der Waals surface area contributed by atoms with Crippen molar-refractivity contribution in [2.75, 3.05) is 19.8 Å². The quantitative estimate of drug-likeness (QED) is 0.599. The van der Waals surface area contributed by atoms with E-state index in [0.29, 0.717) is 0 Å². The Balaban J connectivity index is 2.41. The highest BCUT2D eigenvalue weighted by Gasteiger charge is 2.24. The van der Waals surface area contributed by atoms with Gasteiger partial charge < -0.3 is 9.84 Å². The van der Waals surface area contributed by atoms with Crippen molar-refractivity contribution >= 4 is 0 Å². The lowest BCUT2D eigenvalue weighted by Crippen LogP contribution is -2.25. The molecule has 0 bridgehead atoms. The molecular weight excluding hydrogens is 128 g/mol. The number of aliphatic hydroxyl groups is 1. The van der Waals surface area contributed by atoms with E-state index in [1.165, 1.54) is 6.42 Å². The van der Waals surface area contributed by atoms with Crippen molar-refractivity contribution in [3.63, 3.8) is 0 Å². The molecule has 1 fully saturated rings. The van der Waals surface area contributed by atoms with Crippen LogP contribution in [0.5, 0.6) is 0 Å². The Kier molecular flexibility index (Phi) is 2.69. The largest absolute Gasteiger partial charge is 0.396 e. The fraction of sp³-hybridized carbons (Fsp3) is 1.00. The molecule has 0 aromatic carbocycles. The zero-order valence-electron chi connectivity index (χ0n) is 6.60. The summed E-state index contributed by atoms with van der Waals surface area (Å²) < 4.78 is 5.34. The molecule has 2 nitrogen and oxygen atoms in total. The van der Waals surface area contributed by atoms with Crippen molar-refractivity contribution in [3.8, 4) is 0 Å². The first-order valence-corrected chi connectivity index (χ1v) is 3.95. The highest BCUT2D eigenvalue weighted by Crippen LogP contribution is 2.26. The monoisotopic (exact) mass is 144 g/mol. The summed E-state index contributed by atoms with van der Waals surface area (Å²) in [4.78, 5) is 0. The highest BCUT2D eigenvalue weighted by atomic mass is 16.5. The lowest BCUT2D eigenvalue weighted by atomic mass is 9.87. The van der Waals surface area contributed by atoms with E-state index in [2.05, 4.69) is 6.92 Å². The van der Waals surface area contributed by atoms with Gasteiger partial charge in [-0.25, -0.2) is 0 Å². The second-order valence-electron chi connectivity index (χ2n) is 3.48. The second-order valence-corrected chi connectivity index (χ2v) is 3.48. The molecule has 1 heterocycles. The molecule has 0 amide bonds. The van der Waals surface area contributed by atoms with Crippen LogP contribution in [0.25, 0.3) is 0 Å². The molecule has 0 aliphatic carbocycles. The third-order valence-corrected chi connectivity index (χ3v) is 2.15. The Morgan fingerprint density at radius 3 is 3.00 bits per heavy atom. The molecule has 1 rings (SSSR count). The Morgan fingerprint density at radius 2 is 2.30 bits per heavy atom. The molecule has 0 aromatic heterocycles. The molecule has 1 aliphatic heterocycles. The van der Waals surface area contributed by atoms with E-state index in [-0.39, 0.29) is 12.0 Å². The predicted octanol–water partition coefficient (Wildman–Crippen LogP) is 1.19. The van der Waals surface area contributed by atoms with Gasteiger partial charge in [-0.1, -0.05) is 13.3 Å². The van der Waals surface area contributed by atoms with E-state index in [4.69, 9.17) is 9.84 Å². The van der Waals surface area contributed by atoms with Gasteiger partial charge in [0.1, 0.15) is 0 Å². The predicted molar refractivity (Wildman–Crippen MR) is 39.9 cm³/mol. The van der Waals surface area contributed by atoms with Crippen molar-refractivity contribution in [1.82, 2.24) is 0 Å².